The maximum absolute atomic E-state index is 13.5. The van der Waals surface area contributed by atoms with Crippen molar-refractivity contribution in [3.8, 4) is 0 Å². The first-order valence-corrected chi connectivity index (χ1v) is 8.54. The van der Waals surface area contributed by atoms with Crippen molar-refractivity contribution < 1.29 is 9.18 Å². The molecule has 0 saturated carbocycles. The van der Waals surface area contributed by atoms with Crippen LogP contribution in [0.15, 0.2) is 35.4 Å². The summed E-state index contributed by atoms with van der Waals surface area (Å²) in [5.41, 5.74) is 0.186. The topological polar surface area (TPSA) is 73.0 Å². The highest BCUT2D eigenvalue weighted by molar-refractivity contribution is 6.30. The Morgan fingerprint density at radius 2 is 2.12 bits per heavy atom. The number of aromatic nitrogens is 4. The number of fused-ring (bicyclic) bond motifs is 2. The summed E-state index contributed by atoms with van der Waals surface area (Å²) in [5.74, 6) is 0.0213. The van der Waals surface area contributed by atoms with Gasteiger partial charge in [0.2, 0.25) is 5.91 Å². The summed E-state index contributed by atoms with van der Waals surface area (Å²) in [5, 5.41) is 4.73. The second-order valence-electron chi connectivity index (χ2n) is 6.13. The number of hydrogen-bond acceptors (Lipinski definition) is 4. The Morgan fingerprint density at radius 3 is 2.88 bits per heavy atom. The van der Waals surface area contributed by atoms with Gasteiger partial charge < -0.3 is 4.90 Å². The van der Waals surface area contributed by atoms with E-state index in [0.29, 0.717) is 42.4 Å². The lowest BCUT2D eigenvalue weighted by molar-refractivity contribution is -0.132. The van der Waals surface area contributed by atoms with Crippen molar-refractivity contribution in [1.82, 2.24) is 24.2 Å². The van der Waals surface area contributed by atoms with Crippen molar-refractivity contribution >= 4 is 28.4 Å². The molecule has 7 nitrogen and oxygen atoms in total. The molecule has 1 amide bonds. The predicted molar refractivity (Wildman–Crippen MR) is 93.5 cm³/mol. The van der Waals surface area contributed by atoms with Gasteiger partial charge in [-0.1, -0.05) is 11.6 Å². The molecular formula is C17H15ClFN5O2. The summed E-state index contributed by atoms with van der Waals surface area (Å²) < 4.78 is 16.5. The smallest absolute Gasteiger partial charge is 0.261 e. The Morgan fingerprint density at radius 1 is 1.27 bits per heavy atom. The molecule has 0 radical (unpaired) electrons. The second-order valence-corrected chi connectivity index (χ2v) is 6.57. The molecule has 0 atom stereocenters. The van der Waals surface area contributed by atoms with Gasteiger partial charge in [0.1, 0.15) is 18.2 Å². The van der Waals surface area contributed by atoms with E-state index in [4.69, 9.17) is 11.6 Å². The summed E-state index contributed by atoms with van der Waals surface area (Å²) in [6.07, 6.45) is 3.51. The minimum atomic E-state index is -0.472. The highest BCUT2D eigenvalue weighted by Gasteiger charge is 2.21. The average Bonchev–Trinajstić information content (AvgIpc) is 2.89. The summed E-state index contributed by atoms with van der Waals surface area (Å²) in [4.78, 5) is 31.3. The number of hydrogen-bond donors (Lipinski definition) is 0. The van der Waals surface area contributed by atoms with Crippen LogP contribution in [0.25, 0.3) is 10.9 Å². The Balaban J connectivity index is 1.59. The third kappa shape index (κ3) is 3.08. The summed E-state index contributed by atoms with van der Waals surface area (Å²) in [6.45, 7) is 1.23. The van der Waals surface area contributed by atoms with Crippen LogP contribution in [0.4, 0.5) is 4.39 Å². The SMILES string of the molecule is O=C(Cn1cc(Cl)cn1)N1CCc2nc3ccc(F)cc3c(=O)n2CC1. The molecule has 26 heavy (non-hydrogen) atoms. The highest BCUT2D eigenvalue weighted by atomic mass is 35.5. The molecule has 1 aromatic carbocycles. The number of nitrogens with zero attached hydrogens (tertiary/aromatic N) is 5. The third-order valence-corrected chi connectivity index (χ3v) is 4.64. The molecule has 0 spiro atoms. The number of amides is 1. The van der Waals surface area contributed by atoms with Crippen molar-refractivity contribution in [2.45, 2.75) is 19.5 Å². The van der Waals surface area contributed by atoms with E-state index >= 15 is 0 Å². The van der Waals surface area contributed by atoms with Crippen LogP contribution in [-0.2, 0) is 24.3 Å². The fourth-order valence-electron chi connectivity index (χ4n) is 3.14. The Kier molecular flexibility index (Phi) is 4.20. The van der Waals surface area contributed by atoms with Crippen LogP contribution in [0.3, 0.4) is 0 Å². The fourth-order valence-corrected chi connectivity index (χ4v) is 3.30. The molecule has 0 aliphatic carbocycles. The molecule has 0 saturated heterocycles. The molecule has 2 aromatic heterocycles. The van der Waals surface area contributed by atoms with Gasteiger partial charge in [0.25, 0.3) is 5.56 Å². The molecule has 3 heterocycles. The molecule has 0 bridgehead atoms. The largest absolute Gasteiger partial charge is 0.339 e. The zero-order chi connectivity index (χ0) is 18.3. The Hall–Kier alpha value is -2.74. The number of carbonyl (C=O) groups excluding carboxylic acids is 1. The van der Waals surface area contributed by atoms with Gasteiger partial charge in [-0.15, -0.1) is 0 Å². The maximum atomic E-state index is 13.5. The zero-order valence-corrected chi connectivity index (χ0v) is 14.5. The van der Waals surface area contributed by atoms with E-state index in [1.165, 1.54) is 33.6 Å². The molecule has 1 aliphatic heterocycles. The number of halogens is 2. The van der Waals surface area contributed by atoms with E-state index in [0.717, 1.165) is 0 Å². The van der Waals surface area contributed by atoms with E-state index in [1.54, 1.807) is 11.1 Å². The van der Waals surface area contributed by atoms with Gasteiger partial charge >= 0.3 is 0 Å². The van der Waals surface area contributed by atoms with Gasteiger partial charge in [-0.25, -0.2) is 9.37 Å². The molecule has 134 valence electrons. The van der Waals surface area contributed by atoms with Gasteiger partial charge in [0.15, 0.2) is 0 Å². The first-order chi connectivity index (χ1) is 12.5. The molecule has 3 aromatic rings. The minimum Gasteiger partial charge on any atom is -0.339 e. The first-order valence-electron chi connectivity index (χ1n) is 8.16. The van der Waals surface area contributed by atoms with Gasteiger partial charge in [0.05, 0.1) is 22.1 Å². The molecule has 9 heteroatoms. The van der Waals surface area contributed by atoms with Crippen molar-refractivity contribution in [3.05, 3.63) is 57.6 Å². The van der Waals surface area contributed by atoms with E-state index in [-0.39, 0.29) is 23.4 Å². The van der Waals surface area contributed by atoms with Gasteiger partial charge in [0, 0.05) is 32.3 Å². The molecule has 0 unspecified atom stereocenters. The summed E-state index contributed by atoms with van der Waals surface area (Å²) in [7, 11) is 0. The second kappa shape index (κ2) is 6.53. The van der Waals surface area contributed by atoms with Crippen LogP contribution in [0, 0.1) is 5.82 Å². The van der Waals surface area contributed by atoms with Crippen LogP contribution in [0.2, 0.25) is 5.02 Å². The van der Waals surface area contributed by atoms with Crippen LogP contribution >= 0.6 is 11.6 Å². The number of carbonyl (C=O) groups is 1. The quantitative estimate of drug-likeness (QED) is 0.680. The van der Waals surface area contributed by atoms with E-state index in [1.807, 2.05) is 0 Å². The molecule has 1 aliphatic rings. The average molecular weight is 376 g/mol. The van der Waals surface area contributed by atoms with Crippen molar-refractivity contribution in [3.63, 3.8) is 0 Å². The number of benzene rings is 1. The van der Waals surface area contributed by atoms with E-state index < -0.39 is 5.82 Å². The van der Waals surface area contributed by atoms with Crippen LogP contribution in [0.1, 0.15) is 5.82 Å². The number of rotatable bonds is 2. The molecule has 4 rings (SSSR count). The molecule has 0 fully saturated rings. The maximum Gasteiger partial charge on any atom is 0.261 e. The van der Waals surface area contributed by atoms with Crippen LogP contribution < -0.4 is 5.56 Å². The predicted octanol–water partition coefficient (Wildman–Crippen LogP) is 1.47. The monoisotopic (exact) mass is 375 g/mol. The van der Waals surface area contributed by atoms with Crippen molar-refractivity contribution in [1.29, 1.82) is 0 Å². The lowest BCUT2D eigenvalue weighted by atomic mass is 10.2. The van der Waals surface area contributed by atoms with E-state index in [9.17, 15) is 14.0 Å². The lowest BCUT2D eigenvalue weighted by Crippen LogP contribution is -2.36. The normalized spacial score (nSPS) is 14.3. The minimum absolute atomic E-state index is 0.0819. The Bertz CT molecular complexity index is 1060. The van der Waals surface area contributed by atoms with E-state index in [2.05, 4.69) is 10.1 Å². The van der Waals surface area contributed by atoms with Gasteiger partial charge in [-0.2, -0.15) is 5.10 Å². The Labute approximate surface area is 152 Å². The van der Waals surface area contributed by atoms with Crippen LogP contribution in [-0.4, -0.2) is 43.2 Å². The van der Waals surface area contributed by atoms with Crippen molar-refractivity contribution in [2.24, 2.45) is 0 Å². The third-order valence-electron chi connectivity index (χ3n) is 4.45. The molecule has 0 N–H and O–H groups in total. The fraction of sp³-hybridized carbons (Fsp3) is 0.294. The summed E-state index contributed by atoms with van der Waals surface area (Å²) in [6, 6.07) is 3.99. The lowest BCUT2D eigenvalue weighted by Gasteiger charge is -2.19. The van der Waals surface area contributed by atoms with Crippen molar-refractivity contribution in [2.75, 3.05) is 13.1 Å². The standard InChI is InChI=1S/C17H15ClFN5O2/c18-11-8-20-23(9-11)10-16(25)22-4-3-15-21-14-2-1-12(19)7-13(14)17(26)24(15)6-5-22/h1-2,7-9H,3-6,10H2. The molecular weight excluding hydrogens is 361 g/mol. The highest BCUT2D eigenvalue weighted by Crippen LogP contribution is 2.13. The zero-order valence-electron chi connectivity index (χ0n) is 13.7. The van der Waals surface area contributed by atoms with Gasteiger partial charge in [-0.3, -0.25) is 18.8 Å². The first kappa shape index (κ1) is 16.7. The van der Waals surface area contributed by atoms with Crippen LogP contribution in [0.5, 0.6) is 0 Å². The van der Waals surface area contributed by atoms with Gasteiger partial charge in [-0.05, 0) is 18.2 Å². The summed E-state index contributed by atoms with van der Waals surface area (Å²) >= 11 is 5.82.